The van der Waals surface area contributed by atoms with E-state index in [0.717, 1.165) is 25.0 Å². The first-order chi connectivity index (χ1) is 11.9. The van der Waals surface area contributed by atoms with Crippen LogP contribution in [0.1, 0.15) is 30.1 Å². The van der Waals surface area contributed by atoms with E-state index in [4.69, 9.17) is 0 Å². The number of aromatic nitrogens is 2. The number of benzene rings is 1. The summed E-state index contributed by atoms with van der Waals surface area (Å²) in [5.41, 5.74) is 0.567. The number of halogens is 2. The minimum Gasteiger partial charge on any atom is -0.393 e. The van der Waals surface area contributed by atoms with E-state index in [1.165, 1.54) is 10.7 Å². The van der Waals surface area contributed by atoms with Gasteiger partial charge in [0.05, 0.1) is 11.7 Å². The fourth-order valence-corrected chi connectivity index (χ4v) is 3.28. The largest absolute Gasteiger partial charge is 0.393 e. The van der Waals surface area contributed by atoms with Crippen LogP contribution < -0.4 is 0 Å². The second-order valence-corrected chi connectivity index (χ2v) is 6.58. The van der Waals surface area contributed by atoms with Crippen LogP contribution in [0.4, 0.5) is 8.78 Å². The van der Waals surface area contributed by atoms with E-state index in [0.29, 0.717) is 13.1 Å². The molecule has 1 aromatic carbocycles. The first kappa shape index (κ1) is 17.5. The smallest absolute Gasteiger partial charge is 0.257 e. The molecule has 1 aromatic heterocycles. The zero-order valence-electron chi connectivity index (χ0n) is 14.2. The molecule has 0 saturated carbocycles. The van der Waals surface area contributed by atoms with Crippen molar-refractivity contribution in [1.82, 2.24) is 14.7 Å². The maximum atomic E-state index is 14.2. The Morgan fingerprint density at radius 1 is 1.40 bits per heavy atom. The molecular weight excluding hydrogens is 328 g/mol. The summed E-state index contributed by atoms with van der Waals surface area (Å²) in [5, 5.41) is 14.0. The molecule has 0 aliphatic carbocycles. The van der Waals surface area contributed by atoms with Crippen LogP contribution in [-0.2, 0) is 7.05 Å². The van der Waals surface area contributed by atoms with Gasteiger partial charge in [0.25, 0.3) is 5.91 Å². The van der Waals surface area contributed by atoms with Crippen molar-refractivity contribution >= 4 is 5.91 Å². The van der Waals surface area contributed by atoms with Gasteiger partial charge in [-0.3, -0.25) is 9.48 Å². The lowest BCUT2D eigenvalue weighted by molar-refractivity contribution is 0.0466. The van der Waals surface area contributed by atoms with Crippen molar-refractivity contribution in [2.45, 2.75) is 25.9 Å². The fraction of sp³-hybridized carbons (Fsp3) is 0.444. The molecule has 3 rings (SSSR count). The first-order valence-corrected chi connectivity index (χ1v) is 8.33. The van der Waals surface area contributed by atoms with Crippen LogP contribution >= 0.6 is 0 Å². The topological polar surface area (TPSA) is 58.4 Å². The zero-order valence-corrected chi connectivity index (χ0v) is 14.2. The van der Waals surface area contributed by atoms with Gasteiger partial charge in [-0.05, 0) is 31.9 Å². The van der Waals surface area contributed by atoms with Gasteiger partial charge in [0.2, 0.25) is 0 Å². The average Bonchev–Trinajstić information content (AvgIpc) is 2.95. The van der Waals surface area contributed by atoms with Crippen LogP contribution in [0.15, 0.2) is 24.4 Å². The Labute approximate surface area is 144 Å². The Kier molecular flexibility index (Phi) is 4.85. The lowest BCUT2D eigenvalue weighted by Gasteiger charge is -2.34. The van der Waals surface area contributed by atoms with Gasteiger partial charge in [-0.15, -0.1) is 0 Å². The molecule has 7 heteroatoms. The van der Waals surface area contributed by atoms with Gasteiger partial charge in [-0.1, -0.05) is 0 Å². The Hall–Kier alpha value is -2.28. The molecule has 1 saturated heterocycles. The predicted molar refractivity (Wildman–Crippen MR) is 88.9 cm³/mol. The van der Waals surface area contributed by atoms with Crippen molar-refractivity contribution in [2.75, 3.05) is 13.1 Å². The van der Waals surface area contributed by atoms with Gasteiger partial charge in [0.1, 0.15) is 17.3 Å². The Morgan fingerprint density at radius 2 is 2.16 bits per heavy atom. The van der Waals surface area contributed by atoms with E-state index in [-0.39, 0.29) is 28.6 Å². The average molecular weight is 349 g/mol. The number of hydrogen-bond donors (Lipinski definition) is 1. The van der Waals surface area contributed by atoms with Crippen molar-refractivity contribution in [2.24, 2.45) is 13.0 Å². The van der Waals surface area contributed by atoms with Crippen molar-refractivity contribution in [3.8, 4) is 11.3 Å². The number of carbonyl (C=O) groups excluding carboxylic acids is 1. The predicted octanol–water partition coefficient (Wildman–Crippen LogP) is 2.60. The highest BCUT2D eigenvalue weighted by atomic mass is 19.1. The summed E-state index contributed by atoms with van der Waals surface area (Å²) in [6.07, 6.45) is 2.74. The third-order valence-electron chi connectivity index (χ3n) is 4.67. The molecule has 1 amide bonds. The SMILES string of the molecule is CC(O)C1CCCN(C(=O)c2cn(C)nc2-c2ccc(F)cc2F)C1. The van der Waals surface area contributed by atoms with E-state index in [1.54, 1.807) is 25.1 Å². The quantitative estimate of drug-likeness (QED) is 0.927. The van der Waals surface area contributed by atoms with Crippen LogP contribution in [0.5, 0.6) is 0 Å². The summed E-state index contributed by atoms with van der Waals surface area (Å²) in [5.74, 6) is -1.66. The Balaban J connectivity index is 1.94. The van der Waals surface area contributed by atoms with E-state index >= 15 is 0 Å². The van der Waals surface area contributed by atoms with Crippen LogP contribution in [0.2, 0.25) is 0 Å². The molecule has 0 spiro atoms. The third kappa shape index (κ3) is 3.56. The van der Waals surface area contributed by atoms with E-state index in [1.807, 2.05) is 0 Å². The summed E-state index contributed by atoms with van der Waals surface area (Å²) in [6.45, 7) is 2.76. The second kappa shape index (κ2) is 6.92. The molecular formula is C18H21F2N3O2. The maximum absolute atomic E-state index is 14.2. The molecule has 2 heterocycles. The summed E-state index contributed by atoms with van der Waals surface area (Å²) >= 11 is 0. The van der Waals surface area contributed by atoms with Gasteiger partial charge < -0.3 is 10.0 Å². The third-order valence-corrected chi connectivity index (χ3v) is 4.67. The van der Waals surface area contributed by atoms with Crippen LogP contribution in [-0.4, -0.2) is 44.9 Å². The number of likely N-dealkylation sites (tertiary alicyclic amines) is 1. The summed E-state index contributed by atoms with van der Waals surface area (Å²) in [4.78, 5) is 14.6. The Bertz CT molecular complexity index is 789. The van der Waals surface area contributed by atoms with E-state index in [2.05, 4.69) is 5.10 Å². The molecule has 0 bridgehead atoms. The second-order valence-electron chi connectivity index (χ2n) is 6.58. The van der Waals surface area contributed by atoms with Gasteiger partial charge >= 0.3 is 0 Å². The van der Waals surface area contributed by atoms with Gasteiger partial charge in [0, 0.05) is 43.9 Å². The summed E-state index contributed by atoms with van der Waals surface area (Å²) in [7, 11) is 1.65. The number of piperidine rings is 1. The highest BCUT2D eigenvalue weighted by Gasteiger charge is 2.30. The molecule has 134 valence electrons. The highest BCUT2D eigenvalue weighted by molar-refractivity contribution is 5.99. The molecule has 2 aromatic rings. The minimum absolute atomic E-state index is 0.0281. The van der Waals surface area contributed by atoms with Crippen LogP contribution in [0.3, 0.4) is 0 Å². The number of carbonyl (C=O) groups is 1. The van der Waals surface area contributed by atoms with E-state index < -0.39 is 17.7 Å². The summed E-state index contributed by atoms with van der Waals surface area (Å²) in [6, 6.07) is 3.22. The van der Waals surface area contributed by atoms with Gasteiger partial charge in [-0.2, -0.15) is 5.10 Å². The molecule has 1 N–H and O–H groups in total. The molecule has 2 atom stereocenters. The highest BCUT2D eigenvalue weighted by Crippen LogP contribution is 2.28. The number of aliphatic hydroxyl groups excluding tert-OH is 1. The minimum atomic E-state index is -0.756. The standard InChI is InChI=1S/C18H21F2N3O2/c1-11(24)12-4-3-7-23(9-12)18(25)15-10-22(2)21-17(15)14-6-5-13(19)8-16(14)20/h5-6,8,10-12,24H,3-4,7,9H2,1-2H3. The monoisotopic (exact) mass is 349 g/mol. The lowest BCUT2D eigenvalue weighted by atomic mass is 9.93. The van der Waals surface area contributed by atoms with Crippen molar-refractivity contribution in [1.29, 1.82) is 0 Å². The van der Waals surface area contributed by atoms with Gasteiger partial charge in [0.15, 0.2) is 0 Å². The van der Waals surface area contributed by atoms with Crippen LogP contribution in [0.25, 0.3) is 11.3 Å². The van der Waals surface area contributed by atoms with Crippen molar-refractivity contribution < 1.29 is 18.7 Å². The molecule has 1 aliphatic rings. The lowest BCUT2D eigenvalue weighted by Crippen LogP contribution is -2.43. The Morgan fingerprint density at radius 3 is 2.84 bits per heavy atom. The van der Waals surface area contributed by atoms with Crippen LogP contribution in [0, 0.1) is 17.6 Å². The van der Waals surface area contributed by atoms with Gasteiger partial charge in [-0.25, -0.2) is 8.78 Å². The molecule has 2 unspecified atom stereocenters. The van der Waals surface area contributed by atoms with Crippen molar-refractivity contribution in [3.63, 3.8) is 0 Å². The fourth-order valence-electron chi connectivity index (χ4n) is 3.28. The normalized spacial score (nSPS) is 19.1. The molecule has 1 aliphatic heterocycles. The summed E-state index contributed by atoms with van der Waals surface area (Å²) < 4.78 is 28.8. The number of aryl methyl sites for hydroxylation is 1. The number of rotatable bonds is 3. The van der Waals surface area contributed by atoms with E-state index in [9.17, 15) is 18.7 Å². The number of amides is 1. The molecule has 0 radical (unpaired) electrons. The molecule has 5 nitrogen and oxygen atoms in total. The first-order valence-electron chi connectivity index (χ1n) is 8.33. The van der Waals surface area contributed by atoms with Crippen molar-refractivity contribution in [3.05, 3.63) is 41.6 Å². The molecule has 25 heavy (non-hydrogen) atoms. The zero-order chi connectivity index (χ0) is 18.1. The number of aliphatic hydroxyl groups is 1. The number of nitrogens with zero attached hydrogens (tertiary/aromatic N) is 3. The maximum Gasteiger partial charge on any atom is 0.257 e. The molecule has 1 fully saturated rings. The number of hydrogen-bond acceptors (Lipinski definition) is 3.